The van der Waals surface area contributed by atoms with E-state index >= 15 is 0 Å². The van der Waals surface area contributed by atoms with E-state index in [1.54, 1.807) is 0 Å². The molecule has 0 aromatic carbocycles. The molecule has 0 bridgehead atoms. The number of unbranched alkanes of at least 4 members (excludes halogenated alkanes) is 7. The van der Waals surface area contributed by atoms with Gasteiger partial charge < -0.3 is 28.5 Å². The van der Waals surface area contributed by atoms with Gasteiger partial charge in [-0.3, -0.25) is 0 Å². The normalized spacial score (nSPS) is 13.6. The number of alkyl halides is 1. The maximum atomic E-state index is 5.90. The van der Waals surface area contributed by atoms with Crippen molar-refractivity contribution in [3.8, 4) is 0 Å². The van der Waals surface area contributed by atoms with Crippen molar-refractivity contribution in [2.45, 2.75) is 91.4 Å². The standard InChI is InChI=1S/C19H41ClN.HI/c1-4-7-10-13-18-21(16-9-6-3,17-12-8-5-2)19-14-11-15-20;/h4-19H2,1-3H3;1H/q+1;/p-1. The third kappa shape index (κ3) is 13.4. The van der Waals surface area contributed by atoms with Crippen molar-refractivity contribution in [3.05, 3.63) is 0 Å². The smallest absolute Gasteiger partial charge is 0.0787 e. The highest BCUT2D eigenvalue weighted by atomic mass is 127. The summed E-state index contributed by atoms with van der Waals surface area (Å²) in [5.41, 5.74) is 0. The van der Waals surface area contributed by atoms with Gasteiger partial charge in [-0.15, -0.1) is 11.6 Å². The monoisotopic (exact) mass is 445 g/mol. The van der Waals surface area contributed by atoms with Crippen LogP contribution in [0.3, 0.4) is 0 Å². The van der Waals surface area contributed by atoms with Crippen molar-refractivity contribution >= 4 is 11.6 Å². The zero-order valence-corrected chi connectivity index (χ0v) is 18.4. The second kappa shape index (κ2) is 18.3. The van der Waals surface area contributed by atoms with Crippen molar-refractivity contribution in [1.29, 1.82) is 0 Å². The van der Waals surface area contributed by atoms with Gasteiger partial charge in [-0.1, -0.05) is 46.5 Å². The van der Waals surface area contributed by atoms with Gasteiger partial charge in [0.15, 0.2) is 0 Å². The van der Waals surface area contributed by atoms with Crippen molar-refractivity contribution in [2.75, 3.05) is 32.1 Å². The van der Waals surface area contributed by atoms with Crippen LogP contribution >= 0.6 is 11.6 Å². The molecule has 0 radical (unpaired) electrons. The zero-order valence-electron chi connectivity index (χ0n) is 15.5. The molecule has 3 heteroatoms. The van der Waals surface area contributed by atoms with Crippen LogP contribution in [0.25, 0.3) is 0 Å². The van der Waals surface area contributed by atoms with Crippen LogP contribution in [0.2, 0.25) is 0 Å². The zero-order chi connectivity index (χ0) is 15.8. The molecule has 0 N–H and O–H groups in total. The van der Waals surface area contributed by atoms with E-state index in [1.807, 2.05) is 0 Å². The number of quaternary nitrogens is 1. The van der Waals surface area contributed by atoms with E-state index in [0.717, 1.165) is 5.88 Å². The molecule has 22 heavy (non-hydrogen) atoms. The molecule has 0 aliphatic carbocycles. The minimum Gasteiger partial charge on any atom is -1.00 e. The first-order valence-electron chi connectivity index (χ1n) is 9.65. The van der Waals surface area contributed by atoms with Crippen LogP contribution < -0.4 is 24.0 Å². The molecule has 136 valence electrons. The Balaban J connectivity index is 0. The summed E-state index contributed by atoms with van der Waals surface area (Å²) in [6.45, 7) is 12.5. The fraction of sp³-hybridized carbons (Fsp3) is 1.00. The first-order valence-corrected chi connectivity index (χ1v) is 10.2. The fourth-order valence-electron chi connectivity index (χ4n) is 3.28. The SMILES string of the molecule is CCCCCC[N+](CCCC)(CCCCC)CCCCCl.[I-]. The molecule has 0 amide bonds. The highest BCUT2D eigenvalue weighted by Gasteiger charge is 2.25. The van der Waals surface area contributed by atoms with Crippen molar-refractivity contribution in [1.82, 2.24) is 0 Å². The Morgan fingerprint density at radius 2 is 0.955 bits per heavy atom. The fourth-order valence-corrected chi connectivity index (χ4v) is 3.47. The molecular formula is C19H41ClIN. The Morgan fingerprint density at radius 1 is 0.545 bits per heavy atom. The summed E-state index contributed by atoms with van der Waals surface area (Å²) in [6.07, 6.45) is 15.0. The molecule has 1 atom stereocenters. The molecule has 0 saturated heterocycles. The number of hydrogen-bond donors (Lipinski definition) is 0. The average Bonchev–Trinajstić information content (AvgIpc) is 2.50. The Labute approximate surface area is 163 Å². The topological polar surface area (TPSA) is 0 Å². The van der Waals surface area contributed by atoms with E-state index in [0.29, 0.717) is 0 Å². The summed E-state index contributed by atoms with van der Waals surface area (Å²) in [4.78, 5) is 0. The summed E-state index contributed by atoms with van der Waals surface area (Å²) >= 11 is 5.90. The maximum absolute atomic E-state index is 5.90. The first-order chi connectivity index (χ1) is 10.2. The third-order valence-corrected chi connectivity index (χ3v) is 4.99. The molecule has 1 unspecified atom stereocenters. The summed E-state index contributed by atoms with van der Waals surface area (Å²) in [7, 11) is 0. The van der Waals surface area contributed by atoms with E-state index < -0.39 is 0 Å². The van der Waals surface area contributed by atoms with Crippen LogP contribution in [0.15, 0.2) is 0 Å². The first kappa shape index (κ1) is 25.2. The number of halogens is 2. The predicted molar refractivity (Wildman–Crippen MR) is 98.3 cm³/mol. The minimum atomic E-state index is 0. The lowest BCUT2D eigenvalue weighted by Gasteiger charge is -2.39. The molecule has 0 rings (SSSR count). The Bertz CT molecular complexity index is 202. The predicted octanol–water partition coefficient (Wildman–Crippen LogP) is 3.40. The van der Waals surface area contributed by atoms with Gasteiger partial charge in [0.25, 0.3) is 0 Å². The molecule has 0 aliphatic heterocycles. The molecule has 0 spiro atoms. The largest absolute Gasteiger partial charge is 1.00 e. The van der Waals surface area contributed by atoms with Gasteiger partial charge >= 0.3 is 0 Å². The number of rotatable bonds is 16. The van der Waals surface area contributed by atoms with Gasteiger partial charge in [-0.25, -0.2) is 0 Å². The number of hydrogen-bond acceptors (Lipinski definition) is 0. The lowest BCUT2D eigenvalue weighted by molar-refractivity contribution is -0.929. The Kier molecular flexibility index (Phi) is 21.0. The summed E-state index contributed by atoms with van der Waals surface area (Å²) in [5, 5.41) is 0. The van der Waals surface area contributed by atoms with E-state index in [9.17, 15) is 0 Å². The van der Waals surface area contributed by atoms with Crippen molar-refractivity contribution in [2.24, 2.45) is 0 Å². The van der Waals surface area contributed by atoms with E-state index in [-0.39, 0.29) is 24.0 Å². The number of nitrogens with zero attached hydrogens (tertiary/aromatic N) is 1. The van der Waals surface area contributed by atoms with Gasteiger partial charge in [-0.05, 0) is 44.9 Å². The van der Waals surface area contributed by atoms with Crippen LogP contribution in [-0.4, -0.2) is 36.5 Å². The molecule has 0 fully saturated rings. The minimum absolute atomic E-state index is 0. The van der Waals surface area contributed by atoms with Gasteiger partial charge in [0.05, 0.1) is 26.2 Å². The second-order valence-electron chi connectivity index (χ2n) is 6.75. The molecule has 0 aliphatic rings. The molecule has 0 saturated carbocycles. The molecule has 1 nitrogen and oxygen atoms in total. The van der Waals surface area contributed by atoms with Crippen LogP contribution in [-0.2, 0) is 0 Å². The molecule has 0 aromatic heterocycles. The Morgan fingerprint density at radius 3 is 1.45 bits per heavy atom. The van der Waals surface area contributed by atoms with Crippen LogP contribution in [0, 0.1) is 0 Å². The van der Waals surface area contributed by atoms with Gasteiger partial charge in [0.1, 0.15) is 0 Å². The highest BCUT2D eigenvalue weighted by molar-refractivity contribution is 6.17. The van der Waals surface area contributed by atoms with Crippen molar-refractivity contribution < 1.29 is 28.5 Å². The van der Waals surface area contributed by atoms with Gasteiger partial charge in [-0.2, -0.15) is 0 Å². The quantitative estimate of drug-likeness (QED) is 0.148. The Hall–Kier alpha value is 0.980. The lowest BCUT2D eigenvalue weighted by atomic mass is 10.1. The molecule has 0 aromatic rings. The van der Waals surface area contributed by atoms with Gasteiger partial charge in [0, 0.05) is 5.88 Å². The third-order valence-electron chi connectivity index (χ3n) is 4.72. The summed E-state index contributed by atoms with van der Waals surface area (Å²) in [6, 6.07) is 0. The van der Waals surface area contributed by atoms with E-state index in [2.05, 4.69) is 20.8 Å². The summed E-state index contributed by atoms with van der Waals surface area (Å²) in [5.74, 6) is 0.832. The average molecular weight is 446 g/mol. The highest BCUT2D eigenvalue weighted by Crippen LogP contribution is 2.18. The molecular weight excluding hydrogens is 405 g/mol. The van der Waals surface area contributed by atoms with Crippen LogP contribution in [0.5, 0.6) is 0 Å². The summed E-state index contributed by atoms with van der Waals surface area (Å²) < 4.78 is 1.38. The van der Waals surface area contributed by atoms with Crippen molar-refractivity contribution in [3.63, 3.8) is 0 Å². The maximum Gasteiger partial charge on any atom is 0.0787 e. The lowest BCUT2D eigenvalue weighted by Crippen LogP contribution is -3.00. The molecule has 0 heterocycles. The van der Waals surface area contributed by atoms with Crippen LogP contribution in [0.1, 0.15) is 91.4 Å². The van der Waals surface area contributed by atoms with E-state index in [4.69, 9.17) is 11.6 Å². The second-order valence-corrected chi connectivity index (χ2v) is 7.13. The van der Waals surface area contributed by atoms with Crippen LogP contribution in [0.4, 0.5) is 0 Å². The van der Waals surface area contributed by atoms with Gasteiger partial charge in [0.2, 0.25) is 0 Å². The van der Waals surface area contributed by atoms with E-state index in [1.165, 1.54) is 101 Å².